The number of halogens is 1. The number of rotatable bonds is 2. The van der Waals surface area contributed by atoms with Gasteiger partial charge in [-0.05, 0) is 30.9 Å². The predicted octanol–water partition coefficient (Wildman–Crippen LogP) is 2.71. The Kier molecular flexibility index (Phi) is 3.85. The van der Waals surface area contributed by atoms with Crippen molar-refractivity contribution in [3.8, 4) is 0 Å². The van der Waals surface area contributed by atoms with E-state index in [1.807, 2.05) is 24.0 Å². The summed E-state index contributed by atoms with van der Waals surface area (Å²) in [5.41, 5.74) is 3.51. The minimum atomic E-state index is -0.0768. The van der Waals surface area contributed by atoms with Gasteiger partial charge in [0, 0.05) is 25.6 Å². The van der Waals surface area contributed by atoms with Crippen LogP contribution in [0.3, 0.4) is 0 Å². The van der Waals surface area contributed by atoms with Crippen molar-refractivity contribution in [2.45, 2.75) is 19.9 Å². The highest BCUT2D eigenvalue weighted by atomic mass is 35.5. The van der Waals surface area contributed by atoms with Crippen LogP contribution in [-0.4, -0.2) is 40.6 Å². The molecule has 2 saturated heterocycles. The molecule has 0 unspecified atom stereocenters. The van der Waals surface area contributed by atoms with E-state index in [-0.39, 0.29) is 11.9 Å². The van der Waals surface area contributed by atoms with Crippen LogP contribution in [0.1, 0.15) is 33.4 Å². The summed E-state index contributed by atoms with van der Waals surface area (Å²) in [5, 5.41) is 10.9. The van der Waals surface area contributed by atoms with E-state index in [2.05, 4.69) is 34.6 Å². The quantitative estimate of drug-likeness (QED) is 0.880. The van der Waals surface area contributed by atoms with Crippen LogP contribution < -0.4 is 5.32 Å². The van der Waals surface area contributed by atoms with Gasteiger partial charge < -0.3 is 10.2 Å². The van der Waals surface area contributed by atoms with Crippen molar-refractivity contribution in [1.29, 1.82) is 0 Å². The van der Waals surface area contributed by atoms with Crippen LogP contribution in [0, 0.1) is 25.7 Å². The summed E-state index contributed by atoms with van der Waals surface area (Å²) in [4.78, 5) is 15.1. The minimum absolute atomic E-state index is 0.0757. The molecule has 2 aliphatic rings. The number of aromatic nitrogens is 2. The van der Waals surface area contributed by atoms with Crippen molar-refractivity contribution in [3.63, 3.8) is 0 Å². The largest absolute Gasteiger partial charge is 0.329 e. The van der Waals surface area contributed by atoms with Crippen LogP contribution in [0.15, 0.2) is 24.3 Å². The topological polar surface area (TPSA) is 61.0 Å². The SMILES string of the molecule is Cc1ccccc1[C@@H]1[C@H]2CNC[C@H]2CN1C(=O)c1n[nH]c(C)c1Cl. The molecule has 0 bridgehead atoms. The predicted molar refractivity (Wildman–Crippen MR) is 93.1 cm³/mol. The maximum absolute atomic E-state index is 13.1. The number of hydrogen-bond donors (Lipinski definition) is 2. The van der Waals surface area contributed by atoms with Crippen molar-refractivity contribution in [1.82, 2.24) is 20.4 Å². The van der Waals surface area contributed by atoms with Gasteiger partial charge in [-0.25, -0.2) is 0 Å². The normalized spacial score (nSPS) is 26.0. The van der Waals surface area contributed by atoms with Gasteiger partial charge in [0.15, 0.2) is 5.69 Å². The van der Waals surface area contributed by atoms with Crippen LogP contribution >= 0.6 is 11.6 Å². The number of nitrogens with zero attached hydrogens (tertiary/aromatic N) is 2. The third-order valence-electron chi connectivity index (χ3n) is 5.41. The molecule has 1 aromatic heterocycles. The van der Waals surface area contributed by atoms with Gasteiger partial charge in [0.2, 0.25) is 0 Å². The molecule has 2 N–H and O–H groups in total. The molecule has 1 amide bonds. The number of nitrogens with one attached hydrogen (secondary N) is 2. The third kappa shape index (κ3) is 2.34. The second-order valence-corrected chi connectivity index (χ2v) is 7.23. The Balaban J connectivity index is 1.75. The van der Waals surface area contributed by atoms with Gasteiger partial charge in [0.25, 0.3) is 5.91 Å². The molecule has 1 aromatic carbocycles. The number of H-pyrrole nitrogens is 1. The highest BCUT2D eigenvalue weighted by Crippen LogP contribution is 2.44. The Morgan fingerprint density at radius 1 is 1.29 bits per heavy atom. The number of fused-ring (bicyclic) bond motifs is 1. The van der Waals surface area contributed by atoms with Gasteiger partial charge in [0.1, 0.15) is 0 Å². The third-order valence-corrected chi connectivity index (χ3v) is 5.87. The van der Waals surface area contributed by atoms with E-state index in [1.165, 1.54) is 11.1 Å². The van der Waals surface area contributed by atoms with Gasteiger partial charge in [-0.2, -0.15) is 5.10 Å². The average Bonchev–Trinajstić information content (AvgIpc) is 3.24. The maximum atomic E-state index is 13.1. The zero-order valence-electron chi connectivity index (χ0n) is 13.8. The fraction of sp³-hybridized carbons (Fsp3) is 0.444. The van der Waals surface area contributed by atoms with E-state index in [0.29, 0.717) is 22.6 Å². The summed E-state index contributed by atoms with van der Waals surface area (Å²) >= 11 is 6.27. The fourth-order valence-electron chi connectivity index (χ4n) is 4.14. The number of hydrogen-bond acceptors (Lipinski definition) is 3. The van der Waals surface area contributed by atoms with Gasteiger partial charge in [-0.3, -0.25) is 9.89 Å². The number of amides is 1. The molecule has 5 nitrogen and oxygen atoms in total. The van der Waals surface area contributed by atoms with Crippen molar-refractivity contribution in [2.24, 2.45) is 11.8 Å². The van der Waals surface area contributed by atoms with Gasteiger partial charge in [-0.1, -0.05) is 35.9 Å². The summed E-state index contributed by atoms with van der Waals surface area (Å²) in [5.74, 6) is 0.846. The molecule has 0 aliphatic carbocycles. The number of benzene rings is 1. The molecular formula is C18H21ClN4O. The molecule has 0 radical (unpaired) electrons. The second kappa shape index (κ2) is 5.90. The average molecular weight is 345 g/mol. The van der Waals surface area contributed by atoms with Gasteiger partial charge >= 0.3 is 0 Å². The van der Waals surface area contributed by atoms with Crippen LogP contribution in [0.4, 0.5) is 0 Å². The molecule has 6 heteroatoms. The Labute approximate surface area is 146 Å². The molecule has 0 spiro atoms. The van der Waals surface area contributed by atoms with E-state index in [0.717, 1.165) is 25.3 Å². The lowest BCUT2D eigenvalue weighted by molar-refractivity contribution is 0.0708. The zero-order chi connectivity index (χ0) is 16.8. The van der Waals surface area contributed by atoms with E-state index in [9.17, 15) is 4.79 Å². The lowest BCUT2D eigenvalue weighted by atomic mass is 9.87. The summed E-state index contributed by atoms with van der Waals surface area (Å²) in [6.45, 7) is 6.59. The lowest BCUT2D eigenvalue weighted by Gasteiger charge is -2.29. The number of carbonyl (C=O) groups excluding carboxylic acids is 1. The van der Waals surface area contributed by atoms with Gasteiger partial charge in [0.05, 0.1) is 16.8 Å². The van der Waals surface area contributed by atoms with Crippen LogP contribution in [0.5, 0.6) is 0 Å². The molecule has 2 aliphatic heterocycles. The molecule has 24 heavy (non-hydrogen) atoms. The van der Waals surface area contributed by atoms with E-state index >= 15 is 0 Å². The number of aromatic amines is 1. The standard InChI is InChI=1S/C18H21ClN4O/c1-10-5-3-4-6-13(10)17-14-8-20-7-12(14)9-23(17)18(24)16-15(19)11(2)21-22-16/h3-6,12,14,17,20H,7-9H2,1-2H3,(H,21,22)/t12-,14-,17+/m0/s1. The van der Waals surface area contributed by atoms with Crippen LogP contribution in [-0.2, 0) is 0 Å². The number of likely N-dealkylation sites (tertiary alicyclic amines) is 1. The summed E-state index contributed by atoms with van der Waals surface area (Å²) in [6, 6.07) is 8.41. The molecular weight excluding hydrogens is 324 g/mol. The molecule has 2 fully saturated rings. The molecule has 3 atom stereocenters. The minimum Gasteiger partial charge on any atom is -0.329 e. The van der Waals surface area contributed by atoms with Crippen LogP contribution in [0.2, 0.25) is 5.02 Å². The van der Waals surface area contributed by atoms with Crippen molar-refractivity contribution >= 4 is 17.5 Å². The van der Waals surface area contributed by atoms with E-state index < -0.39 is 0 Å². The summed E-state index contributed by atoms with van der Waals surface area (Å²) in [7, 11) is 0. The number of aryl methyl sites for hydroxylation is 2. The fourth-order valence-corrected chi connectivity index (χ4v) is 4.31. The second-order valence-electron chi connectivity index (χ2n) is 6.85. The van der Waals surface area contributed by atoms with Crippen LogP contribution in [0.25, 0.3) is 0 Å². The number of carbonyl (C=O) groups is 1. The Bertz CT molecular complexity index is 787. The summed E-state index contributed by atoms with van der Waals surface area (Å²) < 4.78 is 0. The highest BCUT2D eigenvalue weighted by molar-refractivity contribution is 6.34. The first-order valence-corrected chi connectivity index (χ1v) is 8.73. The lowest BCUT2D eigenvalue weighted by Crippen LogP contribution is -2.35. The zero-order valence-corrected chi connectivity index (χ0v) is 14.6. The van der Waals surface area contributed by atoms with E-state index in [4.69, 9.17) is 11.6 Å². The first-order valence-electron chi connectivity index (χ1n) is 8.35. The first kappa shape index (κ1) is 15.7. The maximum Gasteiger partial charge on any atom is 0.276 e. The monoisotopic (exact) mass is 344 g/mol. The Morgan fingerprint density at radius 3 is 2.79 bits per heavy atom. The molecule has 0 saturated carbocycles. The molecule has 3 heterocycles. The highest BCUT2D eigenvalue weighted by Gasteiger charge is 2.47. The van der Waals surface area contributed by atoms with Gasteiger partial charge in [-0.15, -0.1) is 0 Å². The smallest absolute Gasteiger partial charge is 0.276 e. The first-order chi connectivity index (χ1) is 11.6. The van der Waals surface area contributed by atoms with Crippen molar-refractivity contribution in [3.05, 3.63) is 51.8 Å². The van der Waals surface area contributed by atoms with E-state index in [1.54, 1.807) is 0 Å². The Hall–Kier alpha value is -1.85. The van der Waals surface area contributed by atoms with Crippen molar-refractivity contribution in [2.75, 3.05) is 19.6 Å². The summed E-state index contributed by atoms with van der Waals surface area (Å²) in [6.07, 6.45) is 0. The molecule has 4 rings (SSSR count). The molecule has 2 aromatic rings. The Morgan fingerprint density at radius 2 is 2.08 bits per heavy atom. The van der Waals surface area contributed by atoms with Crippen molar-refractivity contribution < 1.29 is 4.79 Å². The molecule has 126 valence electrons.